The molecule has 19 heavy (non-hydrogen) atoms. The van der Waals surface area contributed by atoms with Crippen molar-refractivity contribution >= 4 is 45.3 Å². The molecule has 0 atom stereocenters. The van der Waals surface area contributed by atoms with Crippen molar-refractivity contribution in [2.75, 3.05) is 11.6 Å². The topological polar surface area (TPSA) is 94.0 Å². The molecule has 1 heterocycles. The molecule has 0 aliphatic heterocycles. The Morgan fingerprint density at radius 2 is 2.26 bits per heavy atom. The Bertz CT molecular complexity index is 634. The number of aromatic nitrogens is 3. The summed E-state index contributed by atoms with van der Waals surface area (Å²) in [5, 5.41) is 17.3. The number of hydrogen-bond acceptors (Lipinski definition) is 5. The molecule has 1 aromatic carbocycles. The van der Waals surface area contributed by atoms with Crippen LogP contribution in [0.1, 0.15) is 0 Å². The van der Waals surface area contributed by atoms with Crippen LogP contribution in [-0.2, 0) is 4.79 Å². The van der Waals surface area contributed by atoms with Crippen LogP contribution >= 0.6 is 39.3 Å². The average Bonchev–Trinajstić information content (AvgIpc) is 2.72. The van der Waals surface area contributed by atoms with Crippen LogP contribution in [0, 0.1) is 0 Å². The number of carbonyl (C=O) groups is 1. The van der Waals surface area contributed by atoms with Crippen LogP contribution in [0.25, 0.3) is 11.4 Å². The summed E-state index contributed by atoms with van der Waals surface area (Å²) >= 11 is 10.3. The van der Waals surface area contributed by atoms with E-state index >= 15 is 0 Å². The molecule has 3 N–H and O–H groups in total. The highest BCUT2D eigenvalue weighted by Crippen LogP contribution is 2.28. The van der Waals surface area contributed by atoms with Crippen LogP contribution in [0.4, 0.5) is 0 Å². The van der Waals surface area contributed by atoms with E-state index in [0.29, 0.717) is 21.6 Å². The molecule has 9 heteroatoms. The minimum Gasteiger partial charge on any atom is -0.481 e. The van der Waals surface area contributed by atoms with E-state index in [0.717, 1.165) is 16.2 Å². The maximum Gasteiger partial charge on any atom is 0.313 e. The SMILES string of the molecule is Nn1c(SCC(=O)O)nnc1-c1ccc(Br)c(Cl)c1. The molecule has 0 fully saturated rings. The lowest BCUT2D eigenvalue weighted by atomic mass is 10.2. The summed E-state index contributed by atoms with van der Waals surface area (Å²) in [6, 6.07) is 5.26. The number of benzene rings is 1. The van der Waals surface area contributed by atoms with E-state index in [1.807, 2.05) is 0 Å². The lowest BCUT2D eigenvalue weighted by Crippen LogP contribution is -2.12. The number of carboxylic acid groups (broad SMARTS) is 1. The maximum atomic E-state index is 10.5. The summed E-state index contributed by atoms with van der Waals surface area (Å²) in [5.74, 6) is 5.18. The van der Waals surface area contributed by atoms with Gasteiger partial charge in [-0.3, -0.25) is 4.79 Å². The number of carboxylic acids is 1. The van der Waals surface area contributed by atoms with Gasteiger partial charge >= 0.3 is 5.97 Å². The Morgan fingerprint density at radius 1 is 1.53 bits per heavy atom. The van der Waals surface area contributed by atoms with Gasteiger partial charge in [0.2, 0.25) is 5.16 Å². The van der Waals surface area contributed by atoms with Gasteiger partial charge < -0.3 is 10.9 Å². The van der Waals surface area contributed by atoms with Crippen LogP contribution in [0.15, 0.2) is 27.8 Å². The molecule has 100 valence electrons. The van der Waals surface area contributed by atoms with Crippen molar-refractivity contribution < 1.29 is 9.90 Å². The van der Waals surface area contributed by atoms with E-state index < -0.39 is 5.97 Å². The maximum absolute atomic E-state index is 10.5. The van der Waals surface area contributed by atoms with Gasteiger partial charge in [-0.2, -0.15) is 0 Å². The van der Waals surface area contributed by atoms with Gasteiger partial charge in [0.1, 0.15) is 0 Å². The third-order valence-corrected chi connectivity index (χ3v) is 4.33. The van der Waals surface area contributed by atoms with E-state index in [4.69, 9.17) is 22.6 Å². The number of hydrogen-bond donors (Lipinski definition) is 2. The zero-order valence-electron chi connectivity index (χ0n) is 9.38. The van der Waals surface area contributed by atoms with Crippen LogP contribution in [0.2, 0.25) is 5.02 Å². The lowest BCUT2D eigenvalue weighted by Gasteiger charge is -2.04. The van der Waals surface area contributed by atoms with Crippen molar-refractivity contribution in [1.29, 1.82) is 0 Å². The van der Waals surface area contributed by atoms with Crippen molar-refractivity contribution in [2.24, 2.45) is 0 Å². The summed E-state index contributed by atoms with van der Waals surface area (Å²) < 4.78 is 2.01. The van der Waals surface area contributed by atoms with Crippen molar-refractivity contribution in [3.05, 3.63) is 27.7 Å². The van der Waals surface area contributed by atoms with Gasteiger partial charge in [-0.25, -0.2) is 4.68 Å². The van der Waals surface area contributed by atoms with Gasteiger partial charge in [-0.15, -0.1) is 10.2 Å². The Hall–Kier alpha value is -1.25. The average molecular weight is 364 g/mol. The number of aliphatic carboxylic acids is 1. The number of thioether (sulfide) groups is 1. The third kappa shape index (κ3) is 3.20. The van der Waals surface area contributed by atoms with E-state index in [1.165, 1.54) is 4.68 Å². The second-order valence-electron chi connectivity index (χ2n) is 3.49. The first kappa shape index (κ1) is 14.2. The fraction of sp³-hybridized carbons (Fsp3) is 0.100. The smallest absolute Gasteiger partial charge is 0.313 e. The lowest BCUT2D eigenvalue weighted by molar-refractivity contribution is -0.133. The first-order valence-electron chi connectivity index (χ1n) is 4.99. The minimum atomic E-state index is -0.943. The highest BCUT2D eigenvalue weighted by Gasteiger charge is 2.14. The molecular formula is C10H8BrClN4O2S. The second kappa shape index (κ2) is 5.81. The molecule has 0 bridgehead atoms. The summed E-state index contributed by atoms with van der Waals surface area (Å²) in [7, 11) is 0. The zero-order valence-corrected chi connectivity index (χ0v) is 12.5. The van der Waals surface area contributed by atoms with Crippen LogP contribution in [0.3, 0.4) is 0 Å². The Balaban J connectivity index is 2.30. The highest BCUT2D eigenvalue weighted by molar-refractivity contribution is 9.10. The fourth-order valence-electron chi connectivity index (χ4n) is 1.33. The standard InChI is InChI=1S/C10H8BrClN4O2S/c11-6-2-1-5(3-7(6)12)9-14-15-10(16(9)13)19-4-8(17)18/h1-3H,4,13H2,(H,17,18). The van der Waals surface area contributed by atoms with Crippen molar-refractivity contribution in [3.63, 3.8) is 0 Å². The second-order valence-corrected chi connectivity index (χ2v) is 5.69. The van der Waals surface area contributed by atoms with Crippen LogP contribution in [0.5, 0.6) is 0 Å². The molecule has 0 unspecified atom stereocenters. The molecule has 0 aliphatic carbocycles. The van der Waals surface area contributed by atoms with E-state index in [-0.39, 0.29) is 5.75 Å². The highest BCUT2D eigenvalue weighted by atomic mass is 79.9. The predicted molar refractivity (Wildman–Crippen MR) is 76.7 cm³/mol. The van der Waals surface area contributed by atoms with Crippen molar-refractivity contribution in [3.8, 4) is 11.4 Å². The Kier molecular flexibility index (Phi) is 4.33. The molecule has 2 aromatic rings. The number of nitrogens with two attached hydrogens (primary N) is 1. The predicted octanol–water partition coefficient (Wildman–Crippen LogP) is 2.25. The monoisotopic (exact) mass is 362 g/mol. The first-order valence-corrected chi connectivity index (χ1v) is 7.15. The van der Waals surface area contributed by atoms with E-state index in [9.17, 15) is 4.79 Å². The van der Waals surface area contributed by atoms with Crippen molar-refractivity contribution in [1.82, 2.24) is 14.9 Å². The molecular weight excluding hydrogens is 356 g/mol. The number of rotatable bonds is 4. The normalized spacial score (nSPS) is 10.6. The molecule has 0 spiro atoms. The van der Waals surface area contributed by atoms with Gasteiger partial charge in [0.05, 0.1) is 10.8 Å². The molecule has 6 nitrogen and oxygen atoms in total. The molecule has 2 rings (SSSR count). The molecule has 0 aliphatic rings. The molecule has 0 radical (unpaired) electrons. The molecule has 1 aromatic heterocycles. The molecule has 0 saturated carbocycles. The summed E-state index contributed by atoms with van der Waals surface area (Å²) in [6.45, 7) is 0. The summed E-state index contributed by atoms with van der Waals surface area (Å²) in [5.41, 5.74) is 0.699. The van der Waals surface area contributed by atoms with Crippen molar-refractivity contribution in [2.45, 2.75) is 5.16 Å². The van der Waals surface area contributed by atoms with Gasteiger partial charge in [0, 0.05) is 10.0 Å². The van der Waals surface area contributed by atoms with E-state index in [2.05, 4.69) is 26.1 Å². The number of nitrogen functional groups attached to an aromatic ring is 1. The fourth-order valence-corrected chi connectivity index (χ4v) is 2.34. The Morgan fingerprint density at radius 3 is 2.89 bits per heavy atom. The van der Waals surface area contributed by atoms with E-state index in [1.54, 1.807) is 18.2 Å². The van der Waals surface area contributed by atoms with Gasteiger partial charge in [0.15, 0.2) is 5.82 Å². The quantitative estimate of drug-likeness (QED) is 0.639. The molecule has 0 amide bonds. The minimum absolute atomic E-state index is 0.129. The summed E-state index contributed by atoms with van der Waals surface area (Å²) in [4.78, 5) is 10.5. The third-order valence-electron chi connectivity index (χ3n) is 2.17. The number of halogens is 2. The van der Waals surface area contributed by atoms with Gasteiger partial charge in [-0.1, -0.05) is 23.4 Å². The number of nitrogens with zero attached hydrogens (tertiary/aromatic N) is 3. The van der Waals surface area contributed by atoms with Crippen LogP contribution < -0.4 is 5.84 Å². The van der Waals surface area contributed by atoms with Gasteiger partial charge in [-0.05, 0) is 34.1 Å². The first-order chi connectivity index (χ1) is 8.99. The zero-order chi connectivity index (χ0) is 14.0. The van der Waals surface area contributed by atoms with Crippen LogP contribution in [-0.4, -0.2) is 31.7 Å². The van der Waals surface area contributed by atoms with Gasteiger partial charge in [0.25, 0.3) is 0 Å². The largest absolute Gasteiger partial charge is 0.481 e. The molecule has 0 saturated heterocycles. The Labute approximate surface area is 126 Å². The summed E-state index contributed by atoms with van der Waals surface area (Å²) in [6.07, 6.45) is 0.